The molecule has 88 valence electrons. The van der Waals surface area contributed by atoms with Crippen molar-refractivity contribution in [3.05, 3.63) is 21.9 Å². The summed E-state index contributed by atoms with van der Waals surface area (Å²) in [7, 11) is 0. The van der Waals surface area contributed by atoms with E-state index in [0.717, 1.165) is 11.8 Å². The Labute approximate surface area is 102 Å². The van der Waals surface area contributed by atoms with E-state index in [-0.39, 0.29) is 0 Å². The van der Waals surface area contributed by atoms with Crippen LogP contribution >= 0.6 is 11.3 Å². The Kier molecular flexibility index (Phi) is 2.60. The third-order valence-electron chi connectivity index (χ3n) is 4.74. The Morgan fingerprint density at radius 2 is 2.25 bits per heavy atom. The molecule has 1 fully saturated rings. The van der Waals surface area contributed by atoms with Crippen molar-refractivity contribution in [3.63, 3.8) is 0 Å². The van der Waals surface area contributed by atoms with Crippen molar-refractivity contribution < 1.29 is 0 Å². The minimum absolute atomic E-state index is 0.333. The third kappa shape index (κ3) is 1.54. The smallest absolute Gasteiger partial charge is 0.0448 e. The van der Waals surface area contributed by atoms with E-state index in [1.807, 2.05) is 11.3 Å². The van der Waals surface area contributed by atoms with Crippen LogP contribution in [0.25, 0.3) is 0 Å². The first-order valence-corrected chi connectivity index (χ1v) is 7.41. The molecule has 1 nitrogen and oxygen atoms in total. The summed E-state index contributed by atoms with van der Waals surface area (Å²) in [6.07, 6.45) is 5.28. The van der Waals surface area contributed by atoms with Crippen molar-refractivity contribution in [1.82, 2.24) is 5.32 Å². The van der Waals surface area contributed by atoms with Crippen LogP contribution in [0.3, 0.4) is 0 Å². The van der Waals surface area contributed by atoms with Crippen LogP contribution in [0.5, 0.6) is 0 Å². The SMILES string of the molecule is CC1CCC2(CC1C)NCCc1sccc12. The Hall–Kier alpha value is -0.340. The molecule has 0 bridgehead atoms. The molecule has 0 saturated heterocycles. The van der Waals surface area contributed by atoms with Crippen molar-refractivity contribution in [2.45, 2.75) is 45.1 Å². The summed E-state index contributed by atoms with van der Waals surface area (Å²) < 4.78 is 0. The molecule has 16 heavy (non-hydrogen) atoms. The van der Waals surface area contributed by atoms with Crippen LogP contribution < -0.4 is 5.32 Å². The molecule has 1 aliphatic carbocycles. The predicted octanol–water partition coefficient (Wildman–Crippen LogP) is 3.55. The first-order valence-electron chi connectivity index (χ1n) is 6.53. The van der Waals surface area contributed by atoms with Crippen molar-refractivity contribution in [1.29, 1.82) is 0 Å². The van der Waals surface area contributed by atoms with Crippen LogP contribution in [0.1, 0.15) is 43.6 Å². The van der Waals surface area contributed by atoms with E-state index in [1.165, 1.54) is 32.2 Å². The second kappa shape index (κ2) is 3.85. The van der Waals surface area contributed by atoms with Gasteiger partial charge < -0.3 is 5.32 Å². The lowest BCUT2D eigenvalue weighted by Crippen LogP contribution is -2.50. The highest BCUT2D eigenvalue weighted by atomic mass is 32.1. The van der Waals surface area contributed by atoms with Crippen LogP contribution in [0, 0.1) is 11.8 Å². The maximum absolute atomic E-state index is 3.83. The highest BCUT2D eigenvalue weighted by Gasteiger charge is 2.41. The zero-order valence-electron chi connectivity index (χ0n) is 10.3. The fourth-order valence-electron chi connectivity index (χ4n) is 3.49. The van der Waals surface area contributed by atoms with Crippen molar-refractivity contribution in [2.75, 3.05) is 6.54 Å². The Balaban J connectivity index is 1.96. The molecule has 0 aromatic carbocycles. The molecule has 2 aliphatic rings. The van der Waals surface area contributed by atoms with E-state index >= 15 is 0 Å². The summed E-state index contributed by atoms with van der Waals surface area (Å²) in [6.45, 7) is 6.01. The number of rotatable bonds is 0. The fourth-order valence-corrected chi connectivity index (χ4v) is 4.47. The van der Waals surface area contributed by atoms with Crippen molar-refractivity contribution in [3.8, 4) is 0 Å². The summed E-state index contributed by atoms with van der Waals surface area (Å²) in [4.78, 5) is 1.64. The number of hydrogen-bond donors (Lipinski definition) is 1. The van der Waals surface area contributed by atoms with Crippen LogP contribution in [-0.2, 0) is 12.0 Å². The molecule has 1 aliphatic heterocycles. The van der Waals surface area contributed by atoms with Gasteiger partial charge in [0.25, 0.3) is 0 Å². The standard InChI is InChI=1S/C14H21NS/c1-10-3-6-14(9-11(10)2)12-5-8-16-13(12)4-7-15-14/h5,8,10-11,15H,3-4,6-7,9H2,1-2H3. The first kappa shape index (κ1) is 10.8. The number of nitrogens with one attached hydrogen (secondary N) is 1. The molecule has 1 aromatic rings. The topological polar surface area (TPSA) is 12.0 Å². The zero-order valence-corrected chi connectivity index (χ0v) is 11.1. The van der Waals surface area contributed by atoms with Gasteiger partial charge in [0.05, 0.1) is 0 Å². The highest BCUT2D eigenvalue weighted by molar-refractivity contribution is 7.10. The second-order valence-corrected chi connectivity index (χ2v) is 6.71. The highest BCUT2D eigenvalue weighted by Crippen LogP contribution is 2.46. The van der Waals surface area contributed by atoms with Crippen molar-refractivity contribution in [2.24, 2.45) is 11.8 Å². The zero-order chi connectivity index (χ0) is 11.2. The molecule has 2 heteroatoms. The molecule has 3 atom stereocenters. The van der Waals surface area contributed by atoms with E-state index < -0.39 is 0 Å². The summed E-state index contributed by atoms with van der Waals surface area (Å²) >= 11 is 1.96. The summed E-state index contributed by atoms with van der Waals surface area (Å²) in [5.74, 6) is 1.75. The van der Waals surface area contributed by atoms with Gasteiger partial charge in [-0.15, -0.1) is 11.3 Å². The van der Waals surface area contributed by atoms with Gasteiger partial charge in [0.15, 0.2) is 0 Å². The van der Waals surface area contributed by atoms with E-state index in [1.54, 1.807) is 10.4 Å². The molecule has 1 spiro atoms. The van der Waals surface area contributed by atoms with Gasteiger partial charge in [-0.1, -0.05) is 13.8 Å². The van der Waals surface area contributed by atoms with Crippen LogP contribution in [0.2, 0.25) is 0 Å². The van der Waals surface area contributed by atoms with Gasteiger partial charge in [0.2, 0.25) is 0 Å². The Bertz CT molecular complexity index is 384. The molecular weight excluding hydrogens is 214 g/mol. The lowest BCUT2D eigenvalue weighted by atomic mass is 9.67. The van der Waals surface area contributed by atoms with Crippen molar-refractivity contribution >= 4 is 11.3 Å². The van der Waals surface area contributed by atoms with Gasteiger partial charge in [0.1, 0.15) is 0 Å². The Morgan fingerprint density at radius 3 is 3.06 bits per heavy atom. The predicted molar refractivity (Wildman–Crippen MR) is 69.9 cm³/mol. The number of thiophene rings is 1. The lowest BCUT2D eigenvalue weighted by Gasteiger charge is -2.46. The molecule has 3 rings (SSSR count). The first-order chi connectivity index (χ1) is 7.71. The van der Waals surface area contributed by atoms with Gasteiger partial charge in [-0.05, 0) is 54.5 Å². The third-order valence-corrected chi connectivity index (χ3v) is 5.73. The molecule has 0 radical (unpaired) electrons. The van der Waals surface area contributed by atoms with Crippen LogP contribution in [0.4, 0.5) is 0 Å². The monoisotopic (exact) mass is 235 g/mol. The molecule has 1 saturated carbocycles. The van der Waals surface area contributed by atoms with Gasteiger partial charge >= 0.3 is 0 Å². The number of hydrogen-bond acceptors (Lipinski definition) is 2. The molecule has 3 unspecified atom stereocenters. The normalized spacial score (nSPS) is 38.6. The lowest BCUT2D eigenvalue weighted by molar-refractivity contribution is 0.135. The average molecular weight is 235 g/mol. The summed E-state index contributed by atoms with van der Waals surface area (Å²) in [5, 5.41) is 6.11. The minimum atomic E-state index is 0.333. The van der Waals surface area contributed by atoms with E-state index in [0.29, 0.717) is 5.54 Å². The maximum Gasteiger partial charge on any atom is 0.0448 e. The largest absolute Gasteiger partial charge is 0.307 e. The fraction of sp³-hybridized carbons (Fsp3) is 0.714. The molecule has 2 heterocycles. The second-order valence-electron chi connectivity index (χ2n) is 5.71. The quantitative estimate of drug-likeness (QED) is 0.725. The number of fused-ring (bicyclic) bond motifs is 2. The maximum atomic E-state index is 3.83. The Morgan fingerprint density at radius 1 is 1.38 bits per heavy atom. The van der Waals surface area contributed by atoms with Crippen LogP contribution in [-0.4, -0.2) is 6.54 Å². The van der Waals surface area contributed by atoms with Crippen LogP contribution in [0.15, 0.2) is 11.4 Å². The molecular formula is C14H21NS. The molecule has 0 amide bonds. The molecule has 1 aromatic heterocycles. The minimum Gasteiger partial charge on any atom is -0.307 e. The average Bonchev–Trinajstić information content (AvgIpc) is 2.74. The van der Waals surface area contributed by atoms with Gasteiger partial charge in [-0.25, -0.2) is 0 Å². The van der Waals surface area contributed by atoms with E-state index in [4.69, 9.17) is 0 Å². The van der Waals surface area contributed by atoms with Gasteiger partial charge in [0, 0.05) is 17.0 Å². The van der Waals surface area contributed by atoms with Gasteiger partial charge in [-0.2, -0.15) is 0 Å². The van der Waals surface area contributed by atoms with Gasteiger partial charge in [-0.3, -0.25) is 0 Å². The molecule has 1 N–H and O–H groups in total. The summed E-state index contributed by atoms with van der Waals surface area (Å²) in [5.41, 5.74) is 1.96. The van der Waals surface area contributed by atoms with E-state index in [9.17, 15) is 0 Å². The summed E-state index contributed by atoms with van der Waals surface area (Å²) in [6, 6.07) is 2.37. The van der Waals surface area contributed by atoms with E-state index in [2.05, 4.69) is 30.6 Å².